The first kappa shape index (κ1) is 29.3. The second-order valence-corrected chi connectivity index (χ2v) is 11.4. The Hall–Kier alpha value is -2.22. The summed E-state index contributed by atoms with van der Waals surface area (Å²) >= 11 is 0. The van der Waals surface area contributed by atoms with Crippen molar-refractivity contribution in [1.82, 2.24) is 9.80 Å². The number of hydrogen-bond donors (Lipinski definition) is 0. The van der Waals surface area contributed by atoms with Crippen LogP contribution in [0.1, 0.15) is 122 Å². The fourth-order valence-corrected chi connectivity index (χ4v) is 6.50. The lowest BCUT2D eigenvalue weighted by Gasteiger charge is -2.53. The predicted molar refractivity (Wildman–Crippen MR) is 162 cm³/mol. The minimum atomic E-state index is -0.0793. The van der Waals surface area contributed by atoms with Crippen LogP contribution in [0.5, 0.6) is 0 Å². The second-order valence-electron chi connectivity index (χ2n) is 11.4. The van der Waals surface area contributed by atoms with Crippen LogP contribution in [-0.4, -0.2) is 28.0 Å². The predicted octanol–water partition coefficient (Wildman–Crippen LogP) is 9.93. The Morgan fingerprint density at radius 3 is 1.73 bits per heavy atom. The zero-order valence-electron chi connectivity index (χ0n) is 24.4. The number of nitrogens with zero attached hydrogens (tertiary/aromatic N) is 2. The molecule has 0 N–H and O–H groups in total. The van der Waals surface area contributed by atoms with Gasteiger partial charge in [-0.15, -0.1) is 0 Å². The number of hydrogen-bond acceptors (Lipinski definition) is 2. The maximum absolute atomic E-state index is 2.72. The summed E-state index contributed by atoms with van der Waals surface area (Å²) in [6, 6.07) is 22.9. The molecule has 1 aliphatic rings. The van der Waals surface area contributed by atoms with Gasteiger partial charge in [-0.2, -0.15) is 0 Å². The summed E-state index contributed by atoms with van der Waals surface area (Å²) in [5, 5.41) is 0. The second kappa shape index (κ2) is 15.9. The van der Waals surface area contributed by atoms with Crippen molar-refractivity contribution < 1.29 is 0 Å². The quantitative estimate of drug-likeness (QED) is 0.187. The van der Waals surface area contributed by atoms with Crippen LogP contribution in [0, 0.1) is 0 Å². The molecule has 2 aromatic rings. The molecule has 37 heavy (non-hydrogen) atoms. The highest BCUT2D eigenvalue weighted by Crippen LogP contribution is 2.46. The molecule has 0 spiro atoms. The fraction of sp³-hybridized carbons (Fsp3) is 0.600. The maximum Gasteiger partial charge on any atom is 0.123 e. The molecule has 0 amide bonds. The highest BCUT2D eigenvalue weighted by molar-refractivity contribution is 5.30. The van der Waals surface area contributed by atoms with E-state index in [1.165, 1.54) is 81.8 Å². The van der Waals surface area contributed by atoms with Gasteiger partial charge in [-0.25, -0.2) is 0 Å². The van der Waals surface area contributed by atoms with Crippen LogP contribution in [0.15, 0.2) is 73.1 Å². The van der Waals surface area contributed by atoms with E-state index < -0.39 is 0 Å². The van der Waals surface area contributed by atoms with Crippen LogP contribution >= 0.6 is 0 Å². The Bertz CT molecular complexity index is 875. The minimum absolute atomic E-state index is 0.0793. The van der Waals surface area contributed by atoms with Crippen molar-refractivity contribution in [2.75, 3.05) is 6.54 Å². The summed E-state index contributed by atoms with van der Waals surface area (Å²) in [7, 11) is 0. The van der Waals surface area contributed by atoms with Gasteiger partial charge < -0.3 is 9.80 Å². The van der Waals surface area contributed by atoms with Crippen molar-refractivity contribution in [3.8, 4) is 0 Å². The van der Waals surface area contributed by atoms with E-state index >= 15 is 0 Å². The monoisotopic (exact) mass is 502 g/mol. The Morgan fingerprint density at radius 2 is 1.19 bits per heavy atom. The van der Waals surface area contributed by atoms with E-state index in [0.717, 1.165) is 19.4 Å². The van der Waals surface area contributed by atoms with Crippen molar-refractivity contribution in [2.45, 2.75) is 129 Å². The molecule has 3 rings (SSSR count). The molecular weight excluding hydrogens is 448 g/mol. The van der Waals surface area contributed by atoms with E-state index in [9.17, 15) is 0 Å². The Kier molecular flexibility index (Phi) is 12.6. The molecular formula is C35H54N2. The van der Waals surface area contributed by atoms with E-state index in [1.54, 1.807) is 0 Å². The summed E-state index contributed by atoms with van der Waals surface area (Å²) in [5.41, 5.74) is 2.80. The third-order valence-corrected chi connectivity index (χ3v) is 8.39. The van der Waals surface area contributed by atoms with Crippen LogP contribution in [0.2, 0.25) is 0 Å². The average Bonchev–Trinajstić information content (AvgIpc) is 3.27. The summed E-state index contributed by atoms with van der Waals surface area (Å²) < 4.78 is 0. The van der Waals surface area contributed by atoms with Crippen molar-refractivity contribution in [1.29, 1.82) is 0 Å². The highest BCUT2D eigenvalue weighted by atomic mass is 15.4. The van der Waals surface area contributed by atoms with E-state index in [1.807, 2.05) is 0 Å². The summed E-state index contributed by atoms with van der Waals surface area (Å²) in [4.78, 5) is 5.38. The van der Waals surface area contributed by atoms with E-state index in [2.05, 4.69) is 111 Å². The number of benzene rings is 2. The van der Waals surface area contributed by atoms with E-state index in [4.69, 9.17) is 0 Å². The average molecular weight is 503 g/mol. The molecule has 0 aromatic heterocycles. The first-order valence-corrected chi connectivity index (χ1v) is 15.5. The Balaban J connectivity index is 1.69. The lowest BCUT2D eigenvalue weighted by atomic mass is 9.77. The molecule has 0 saturated heterocycles. The van der Waals surface area contributed by atoms with Gasteiger partial charge in [-0.05, 0) is 37.8 Å². The van der Waals surface area contributed by atoms with Crippen LogP contribution in [0.25, 0.3) is 0 Å². The summed E-state index contributed by atoms with van der Waals surface area (Å²) in [5.74, 6) is 0.430. The molecule has 2 atom stereocenters. The Labute approximate surface area is 229 Å². The third kappa shape index (κ3) is 8.13. The fourth-order valence-electron chi connectivity index (χ4n) is 6.50. The van der Waals surface area contributed by atoms with Crippen LogP contribution in [0.3, 0.4) is 0 Å². The molecule has 2 heteroatoms. The van der Waals surface area contributed by atoms with Gasteiger partial charge in [0.15, 0.2) is 0 Å². The molecule has 1 aliphatic heterocycles. The van der Waals surface area contributed by atoms with Crippen LogP contribution in [0.4, 0.5) is 0 Å². The van der Waals surface area contributed by atoms with Crippen LogP contribution < -0.4 is 0 Å². The van der Waals surface area contributed by atoms with Gasteiger partial charge in [0, 0.05) is 37.3 Å². The van der Waals surface area contributed by atoms with Gasteiger partial charge in [-0.3, -0.25) is 0 Å². The molecule has 0 saturated carbocycles. The minimum Gasteiger partial charge on any atom is -0.353 e. The molecule has 2 aromatic carbocycles. The molecule has 2 nitrogen and oxygen atoms in total. The van der Waals surface area contributed by atoms with Crippen molar-refractivity contribution >= 4 is 0 Å². The molecule has 1 heterocycles. The van der Waals surface area contributed by atoms with Gasteiger partial charge in [0.1, 0.15) is 5.66 Å². The van der Waals surface area contributed by atoms with Gasteiger partial charge in [0.2, 0.25) is 0 Å². The largest absolute Gasteiger partial charge is 0.353 e. The lowest BCUT2D eigenvalue weighted by molar-refractivity contribution is -0.0191. The van der Waals surface area contributed by atoms with Gasteiger partial charge >= 0.3 is 0 Å². The first-order valence-electron chi connectivity index (χ1n) is 15.5. The molecule has 0 bridgehead atoms. The summed E-state index contributed by atoms with van der Waals surface area (Å²) in [6.45, 7) is 10.5. The maximum atomic E-state index is 2.72. The van der Waals surface area contributed by atoms with Gasteiger partial charge in [-0.1, -0.05) is 139 Å². The lowest BCUT2D eigenvalue weighted by Crippen LogP contribution is -2.60. The SMILES string of the molecule is CCCCCCCCCCCCCN1C=CN(C(C)C)C1(Cc1ccccc1)C(CC)c1ccccc1. The molecule has 204 valence electrons. The molecule has 0 aliphatic carbocycles. The zero-order chi connectivity index (χ0) is 26.3. The van der Waals surface area contributed by atoms with Crippen molar-refractivity contribution in [3.05, 3.63) is 84.2 Å². The smallest absolute Gasteiger partial charge is 0.123 e. The van der Waals surface area contributed by atoms with E-state index in [0.29, 0.717) is 12.0 Å². The number of rotatable bonds is 18. The Morgan fingerprint density at radius 1 is 0.649 bits per heavy atom. The molecule has 2 unspecified atom stereocenters. The van der Waals surface area contributed by atoms with Crippen molar-refractivity contribution in [2.24, 2.45) is 0 Å². The first-order chi connectivity index (χ1) is 18.1. The van der Waals surface area contributed by atoms with Crippen LogP contribution in [-0.2, 0) is 6.42 Å². The van der Waals surface area contributed by atoms with Gasteiger partial charge in [0.05, 0.1) is 0 Å². The standard InChI is InChI=1S/C35H54N2/c1-5-7-8-9-10-11-12-13-14-15-22-27-36-28-29-37(31(3)4)35(36,30-32-23-18-16-19-24-32)34(6-2)33-25-20-17-21-26-33/h16-21,23-26,28-29,31,34H,5-15,22,27,30H2,1-4H3. The highest BCUT2D eigenvalue weighted by Gasteiger charge is 2.50. The molecule has 0 fully saturated rings. The van der Waals surface area contributed by atoms with Crippen molar-refractivity contribution in [3.63, 3.8) is 0 Å². The normalized spacial score (nSPS) is 18.2. The number of unbranched alkanes of at least 4 members (excludes halogenated alkanes) is 10. The van der Waals surface area contributed by atoms with E-state index in [-0.39, 0.29) is 5.66 Å². The molecule has 0 radical (unpaired) electrons. The topological polar surface area (TPSA) is 6.48 Å². The third-order valence-electron chi connectivity index (χ3n) is 8.39. The summed E-state index contributed by atoms with van der Waals surface area (Å²) in [6.07, 6.45) is 22.2. The zero-order valence-corrected chi connectivity index (χ0v) is 24.4. The van der Waals surface area contributed by atoms with Gasteiger partial charge in [0.25, 0.3) is 0 Å².